The van der Waals surface area contributed by atoms with E-state index in [1.165, 1.54) is 31.4 Å². The molecule has 2 N–H and O–H groups in total. The van der Waals surface area contributed by atoms with Gasteiger partial charge in [-0.3, -0.25) is 14.5 Å². The molecule has 3 rings (SSSR count). The van der Waals surface area contributed by atoms with Crippen LogP contribution in [-0.2, 0) is 20.9 Å². The Hall–Kier alpha value is -3.50. The van der Waals surface area contributed by atoms with Gasteiger partial charge in [0, 0.05) is 49.9 Å². The second-order valence-corrected chi connectivity index (χ2v) is 7.76. The van der Waals surface area contributed by atoms with E-state index in [0.29, 0.717) is 31.9 Å². The Morgan fingerprint density at radius 3 is 2.69 bits per heavy atom. The summed E-state index contributed by atoms with van der Waals surface area (Å²) < 4.78 is 40.4. The van der Waals surface area contributed by atoms with Crippen molar-refractivity contribution in [2.75, 3.05) is 45.3 Å². The molecule has 1 aliphatic heterocycles. The number of nitrogens with one attached hydrogen (secondary N) is 2. The van der Waals surface area contributed by atoms with Crippen molar-refractivity contribution in [3.8, 4) is 11.5 Å². The van der Waals surface area contributed by atoms with Crippen LogP contribution in [0.15, 0.2) is 48.5 Å². The maximum absolute atomic E-state index is 12.8. The highest BCUT2D eigenvalue weighted by Crippen LogP contribution is 2.33. The minimum Gasteiger partial charge on any atom is -0.493 e. The van der Waals surface area contributed by atoms with Gasteiger partial charge in [-0.2, -0.15) is 8.78 Å². The first-order chi connectivity index (χ1) is 16.9. The number of alkyl halides is 2. The summed E-state index contributed by atoms with van der Waals surface area (Å²) in [7, 11) is 1.34. The Balaban J connectivity index is 1.51. The summed E-state index contributed by atoms with van der Waals surface area (Å²) in [6.45, 7) is 0.904. The third-order valence-corrected chi connectivity index (χ3v) is 5.29. The molecule has 1 fully saturated rings. The molecule has 1 saturated heterocycles. The van der Waals surface area contributed by atoms with E-state index in [-0.39, 0.29) is 29.5 Å². The zero-order valence-electron chi connectivity index (χ0n) is 19.5. The molecule has 0 saturated carbocycles. The fourth-order valence-electron chi connectivity index (χ4n) is 3.52. The lowest BCUT2D eigenvalue weighted by Gasteiger charge is -2.26. The molecular weight excluding hydrogens is 460 g/mol. The number of carbonyl (C=O) groups is 2. The van der Waals surface area contributed by atoms with Gasteiger partial charge < -0.3 is 24.8 Å². The van der Waals surface area contributed by atoms with Gasteiger partial charge in [0.15, 0.2) is 11.5 Å². The minimum absolute atomic E-state index is 0.0827. The molecule has 2 aromatic rings. The first kappa shape index (κ1) is 26.1. The van der Waals surface area contributed by atoms with Gasteiger partial charge in [0.2, 0.25) is 11.8 Å². The van der Waals surface area contributed by atoms with E-state index in [1.807, 2.05) is 6.07 Å². The van der Waals surface area contributed by atoms with Crippen LogP contribution in [0.25, 0.3) is 6.08 Å². The van der Waals surface area contributed by atoms with Crippen LogP contribution in [0.2, 0.25) is 0 Å². The summed E-state index contributed by atoms with van der Waals surface area (Å²) in [5, 5.41) is 5.61. The molecule has 2 aromatic carbocycles. The van der Waals surface area contributed by atoms with Gasteiger partial charge in [-0.1, -0.05) is 24.3 Å². The number of hydrogen-bond donors (Lipinski definition) is 2. The van der Waals surface area contributed by atoms with Crippen molar-refractivity contribution in [2.45, 2.75) is 19.6 Å². The van der Waals surface area contributed by atoms with Crippen molar-refractivity contribution < 1.29 is 32.6 Å². The number of amides is 2. The van der Waals surface area contributed by atoms with E-state index in [0.717, 1.165) is 18.7 Å². The molecule has 0 atom stereocenters. The SMILES string of the molecule is COc1cccc(C=CC(=O)NCc2cccc(NC(=O)CCN3CCOCC3)c2)c1OC(F)F. The van der Waals surface area contributed by atoms with Gasteiger partial charge in [0.1, 0.15) is 0 Å². The molecule has 2 amide bonds. The van der Waals surface area contributed by atoms with Crippen molar-refractivity contribution in [3.05, 3.63) is 59.7 Å². The summed E-state index contributed by atoms with van der Waals surface area (Å²) >= 11 is 0. The largest absolute Gasteiger partial charge is 0.493 e. The molecule has 10 heteroatoms. The van der Waals surface area contributed by atoms with Crippen molar-refractivity contribution in [3.63, 3.8) is 0 Å². The van der Waals surface area contributed by atoms with Gasteiger partial charge in [0.05, 0.1) is 20.3 Å². The molecule has 0 bridgehead atoms. The second-order valence-electron chi connectivity index (χ2n) is 7.76. The van der Waals surface area contributed by atoms with Gasteiger partial charge in [-0.25, -0.2) is 0 Å². The van der Waals surface area contributed by atoms with E-state index in [1.54, 1.807) is 24.3 Å². The molecular formula is C25H29F2N3O5. The van der Waals surface area contributed by atoms with Crippen LogP contribution in [0, 0.1) is 0 Å². The van der Waals surface area contributed by atoms with Crippen LogP contribution in [0.1, 0.15) is 17.5 Å². The number of benzene rings is 2. The first-order valence-corrected chi connectivity index (χ1v) is 11.2. The molecule has 0 aromatic heterocycles. The van der Waals surface area contributed by atoms with Crippen LogP contribution >= 0.6 is 0 Å². The zero-order chi connectivity index (χ0) is 25.0. The molecule has 0 radical (unpaired) electrons. The van der Waals surface area contributed by atoms with Crippen LogP contribution in [0.4, 0.5) is 14.5 Å². The molecule has 8 nitrogen and oxygen atoms in total. The zero-order valence-corrected chi connectivity index (χ0v) is 19.5. The number of nitrogens with zero attached hydrogens (tertiary/aromatic N) is 1. The van der Waals surface area contributed by atoms with Gasteiger partial charge in [0.25, 0.3) is 0 Å². The molecule has 1 aliphatic rings. The van der Waals surface area contributed by atoms with Crippen molar-refractivity contribution >= 4 is 23.6 Å². The number of ether oxygens (including phenoxy) is 3. The molecule has 0 aliphatic carbocycles. The smallest absolute Gasteiger partial charge is 0.387 e. The summed E-state index contributed by atoms with van der Waals surface area (Å²) in [5.41, 5.74) is 1.71. The molecule has 35 heavy (non-hydrogen) atoms. The topological polar surface area (TPSA) is 89.1 Å². The predicted octanol–water partition coefficient (Wildman–Crippen LogP) is 3.29. The third kappa shape index (κ3) is 8.66. The number of morpholine rings is 1. The summed E-state index contributed by atoms with van der Waals surface area (Å²) in [4.78, 5) is 26.7. The highest BCUT2D eigenvalue weighted by Gasteiger charge is 2.14. The van der Waals surface area contributed by atoms with E-state index >= 15 is 0 Å². The lowest BCUT2D eigenvalue weighted by molar-refractivity contribution is -0.117. The summed E-state index contributed by atoms with van der Waals surface area (Å²) in [6, 6.07) is 11.8. The maximum Gasteiger partial charge on any atom is 0.387 e. The van der Waals surface area contributed by atoms with Crippen molar-refractivity contribution in [1.29, 1.82) is 0 Å². The number of para-hydroxylation sites is 1. The van der Waals surface area contributed by atoms with Gasteiger partial charge in [-0.05, 0) is 29.8 Å². The van der Waals surface area contributed by atoms with Gasteiger partial charge >= 0.3 is 6.61 Å². The average molecular weight is 490 g/mol. The Kier molecular flexibility index (Phi) is 10.00. The monoisotopic (exact) mass is 489 g/mol. The Bertz CT molecular complexity index is 1030. The average Bonchev–Trinajstić information content (AvgIpc) is 2.86. The third-order valence-electron chi connectivity index (χ3n) is 5.29. The van der Waals surface area contributed by atoms with E-state index < -0.39 is 12.5 Å². The normalized spacial score (nSPS) is 14.2. The molecule has 0 unspecified atom stereocenters. The van der Waals surface area contributed by atoms with Crippen LogP contribution < -0.4 is 20.1 Å². The predicted molar refractivity (Wildman–Crippen MR) is 127 cm³/mol. The fraction of sp³-hybridized carbons (Fsp3) is 0.360. The van der Waals surface area contributed by atoms with Crippen LogP contribution in [0.5, 0.6) is 11.5 Å². The van der Waals surface area contributed by atoms with E-state index in [4.69, 9.17) is 9.47 Å². The number of hydrogen-bond acceptors (Lipinski definition) is 6. The van der Waals surface area contributed by atoms with Gasteiger partial charge in [-0.15, -0.1) is 0 Å². The van der Waals surface area contributed by atoms with Crippen molar-refractivity contribution in [2.24, 2.45) is 0 Å². The highest BCUT2D eigenvalue weighted by atomic mass is 19.3. The van der Waals surface area contributed by atoms with E-state index in [2.05, 4.69) is 20.3 Å². The number of carbonyl (C=O) groups excluding carboxylic acids is 2. The fourth-order valence-corrected chi connectivity index (χ4v) is 3.52. The number of anilines is 1. The standard InChI is InChI=1S/C25H29F2N3O5/c1-33-21-7-3-5-19(24(21)35-25(26)27)8-9-22(31)28-17-18-4-2-6-20(16-18)29-23(32)10-11-30-12-14-34-15-13-30/h2-9,16,25H,10-15,17H2,1H3,(H,28,31)(H,29,32). The highest BCUT2D eigenvalue weighted by molar-refractivity contribution is 5.92. The Morgan fingerprint density at radius 2 is 1.94 bits per heavy atom. The minimum atomic E-state index is -3.03. The molecule has 1 heterocycles. The Morgan fingerprint density at radius 1 is 1.17 bits per heavy atom. The second kappa shape index (κ2) is 13.4. The van der Waals surface area contributed by atoms with Crippen LogP contribution in [-0.4, -0.2) is 63.3 Å². The van der Waals surface area contributed by atoms with Crippen molar-refractivity contribution in [1.82, 2.24) is 10.2 Å². The quantitative estimate of drug-likeness (QED) is 0.471. The lowest BCUT2D eigenvalue weighted by atomic mass is 10.1. The molecule has 188 valence electrons. The Labute approximate surface area is 202 Å². The van der Waals surface area contributed by atoms with E-state index in [9.17, 15) is 18.4 Å². The summed E-state index contributed by atoms with van der Waals surface area (Å²) in [6.07, 6.45) is 2.98. The maximum atomic E-state index is 12.8. The van der Waals surface area contributed by atoms with Crippen LogP contribution in [0.3, 0.4) is 0 Å². The first-order valence-electron chi connectivity index (χ1n) is 11.2. The molecule has 0 spiro atoms. The number of methoxy groups -OCH3 is 1. The number of halogens is 2. The lowest BCUT2D eigenvalue weighted by Crippen LogP contribution is -2.38. The summed E-state index contributed by atoms with van der Waals surface area (Å²) in [5.74, 6) is -0.515. The number of rotatable bonds is 11.